The molecular formula is C14H16F3N3O4. The Morgan fingerprint density at radius 3 is 2.67 bits per heavy atom. The molecule has 0 aromatic carbocycles. The van der Waals surface area contributed by atoms with Gasteiger partial charge in [0.1, 0.15) is 5.84 Å². The van der Waals surface area contributed by atoms with E-state index in [1.165, 1.54) is 0 Å². The van der Waals surface area contributed by atoms with E-state index in [0.717, 1.165) is 25.2 Å². The highest BCUT2D eigenvalue weighted by Crippen LogP contribution is 2.31. The zero-order valence-electron chi connectivity index (χ0n) is 12.6. The van der Waals surface area contributed by atoms with Gasteiger partial charge in [-0.15, -0.1) is 0 Å². The highest BCUT2D eigenvalue weighted by Gasteiger charge is 2.36. The van der Waals surface area contributed by atoms with Crippen LogP contribution < -0.4 is 5.73 Å². The van der Waals surface area contributed by atoms with Gasteiger partial charge in [-0.3, -0.25) is 4.98 Å². The van der Waals surface area contributed by atoms with Crippen LogP contribution in [0.3, 0.4) is 0 Å². The van der Waals surface area contributed by atoms with Crippen LogP contribution in [0.2, 0.25) is 0 Å². The first kappa shape index (κ1) is 18.1. The highest BCUT2D eigenvalue weighted by atomic mass is 19.4. The number of oxime groups is 1. The van der Waals surface area contributed by atoms with E-state index in [2.05, 4.69) is 15.0 Å². The fraction of sp³-hybridized carbons (Fsp3) is 0.500. The monoisotopic (exact) mass is 347 g/mol. The number of nitrogens with zero attached hydrogens (tertiary/aromatic N) is 2. The largest absolute Gasteiger partial charge is 0.417 e. The van der Waals surface area contributed by atoms with Crippen LogP contribution in [0.15, 0.2) is 23.6 Å². The first-order valence-corrected chi connectivity index (χ1v) is 7.16. The molecule has 1 fully saturated rings. The van der Waals surface area contributed by atoms with Gasteiger partial charge < -0.3 is 20.0 Å². The summed E-state index contributed by atoms with van der Waals surface area (Å²) in [4.78, 5) is 19.7. The van der Waals surface area contributed by atoms with Crippen molar-refractivity contribution in [3.8, 4) is 0 Å². The molecular weight excluding hydrogens is 331 g/mol. The Morgan fingerprint density at radius 1 is 1.38 bits per heavy atom. The third kappa shape index (κ3) is 5.17. The van der Waals surface area contributed by atoms with Crippen molar-refractivity contribution in [2.45, 2.75) is 31.7 Å². The molecule has 1 aromatic rings. The average Bonchev–Trinajstić information content (AvgIpc) is 2.80. The minimum Gasteiger partial charge on any atom is -0.384 e. The van der Waals surface area contributed by atoms with Crippen molar-refractivity contribution in [3.05, 3.63) is 29.6 Å². The smallest absolute Gasteiger partial charge is 0.384 e. The molecule has 2 rings (SSSR count). The van der Waals surface area contributed by atoms with E-state index in [4.69, 9.17) is 15.2 Å². The van der Waals surface area contributed by atoms with Crippen molar-refractivity contribution in [2.75, 3.05) is 13.2 Å². The van der Waals surface area contributed by atoms with Crippen LogP contribution in [0.1, 0.15) is 35.2 Å². The number of carbonyl (C=O) groups excluding carboxylic acids is 1. The van der Waals surface area contributed by atoms with Crippen molar-refractivity contribution < 1.29 is 32.3 Å². The molecule has 1 aliphatic rings. The summed E-state index contributed by atoms with van der Waals surface area (Å²) in [5.74, 6) is -1.44. The Labute approximate surface area is 135 Å². The molecule has 0 bridgehead atoms. The average molecular weight is 347 g/mol. The van der Waals surface area contributed by atoms with Crippen LogP contribution in [0.4, 0.5) is 13.2 Å². The molecule has 0 unspecified atom stereocenters. The van der Waals surface area contributed by atoms with E-state index in [1.807, 2.05) is 0 Å². The van der Waals surface area contributed by atoms with Crippen molar-refractivity contribution in [1.82, 2.24) is 4.98 Å². The summed E-state index contributed by atoms with van der Waals surface area (Å²) >= 11 is 0. The lowest BCUT2D eigenvalue weighted by molar-refractivity contribution is -0.138. The Bertz CT molecular complexity index is 599. The summed E-state index contributed by atoms with van der Waals surface area (Å²) in [6.07, 6.45) is -1.92. The number of aromatic nitrogens is 1. The molecule has 0 atom stereocenters. The van der Waals surface area contributed by atoms with Gasteiger partial charge in [-0.1, -0.05) is 5.16 Å². The van der Waals surface area contributed by atoms with Crippen molar-refractivity contribution in [1.29, 1.82) is 0 Å². The normalized spacial score (nSPS) is 17.4. The van der Waals surface area contributed by atoms with Crippen LogP contribution in [0.5, 0.6) is 0 Å². The molecule has 1 aromatic heterocycles. The zero-order chi connectivity index (χ0) is 17.6. The maximum atomic E-state index is 12.8. The summed E-state index contributed by atoms with van der Waals surface area (Å²) in [7, 11) is 0. The van der Waals surface area contributed by atoms with Crippen molar-refractivity contribution >= 4 is 11.8 Å². The molecule has 0 amide bonds. The van der Waals surface area contributed by atoms with Crippen LogP contribution in [-0.2, 0) is 20.5 Å². The lowest BCUT2D eigenvalue weighted by atomic mass is 10.1. The second-order valence-electron chi connectivity index (χ2n) is 4.96. The van der Waals surface area contributed by atoms with Crippen LogP contribution in [-0.4, -0.2) is 36.3 Å². The molecule has 24 heavy (non-hydrogen) atoms. The van der Waals surface area contributed by atoms with Gasteiger partial charge in [-0.2, -0.15) is 13.2 Å². The summed E-state index contributed by atoms with van der Waals surface area (Å²) in [6, 6.07) is 0.677. The van der Waals surface area contributed by atoms with Gasteiger partial charge in [0.15, 0.2) is 6.29 Å². The standard InChI is InChI=1S/C14H16F3N3O4/c15-14(16,17)10-3-4-19-8-9(10)13(21)24-20-11(18)7-12-22-5-1-2-6-23-12/h3-4,8,12H,1-2,5-7H2,(H2,18,20). The lowest BCUT2D eigenvalue weighted by Crippen LogP contribution is -2.25. The lowest BCUT2D eigenvalue weighted by Gasteiger charge is -2.14. The van der Waals surface area contributed by atoms with Crippen molar-refractivity contribution in [3.63, 3.8) is 0 Å². The minimum absolute atomic E-state index is 0.0342. The molecule has 0 aliphatic carbocycles. The maximum Gasteiger partial charge on any atom is 0.417 e. The topological polar surface area (TPSA) is 96.0 Å². The summed E-state index contributed by atoms with van der Waals surface area (Å²) in [5.41, 5.74) is 3.67. The zero-order valence-corrected chi connectivity index (χ0v) is 12.6. The number of ether oxygens (including phenoxy) is 2. The fourth-order valence-electron chi connectivity index (χ4n) is 1.96. The summed E-state index contributed by atoms with van der Waals surface area (Å²) in [6.45, 7) is 1.00. The van der Waals surface area contributed by atoms with Crippen LogP contribution in [0, 0.1) is 0 Å². The molecule has 0 saturated carbocycles. The number of pyridine rings is 1. The first-order valence-electron chi connectivity index (χ1n) is 7.16. The number of nitrogens with two attached hydrogens (primary N) is 1. The number of hydrogen-bond donors (Lipinski definition) is 1. The maximum absolute atomic E-state index is 12.8. The van der Waals surface area contributed by atoms with Crippen molar-refractivity contribution in [2.24, 2.45) is 10.9 Å². The molecule has 0 spiro atoms. The van der Waals surface area contributed by atoms with Gasteiger partial charge in [0, 0.05) is 25.6 Å². The van der Waals surface area contributed by atoms with Gasteiger partial charge in [0.05, 0.1) is 17.5 Å². The van der Waals surface area contributed by atoms with Gasteiger partial charge in [-0.05, 0) is 18.9 Å². The number of halogens is 3. The van der Waals surface area contributed by atoms with Gasteiger partial charge in [0.25, 0.3) is 0 Å². The van der Waals surface area contributed by atoms with E-state index in [1.54, 1.807) is 0 Å². The van der Waals surface area contributed by atoms with Crippen LogP contribution in [0.25, 0.3) is 0 Å². The number of amidine groups is 1. The minimum atomic E-state index is -4.71. The van der Waals surface area contributed by atoms with E-state index in [0.29, 0.717) is 19.3 Å². The number of hydrogen-bond acceptors (Lipinski definition) is 6. The quantitative estimate of drug-likeness (QED) is 0.388. The molecule has 2 heterocycles. The molecule has 10 heteroatoms. The first-order chi connectivity index (χ1) is 11.4. The third-order valence-corrected chi connectivity index (χ3v) is 3.11. The Balaban J connectivity index is 1.99. The summed E-state index contributed by atoms with van der Waals surface area (Å²) < 4.78 is 49.2. The van der Waals surface area contributed by atoms with E-state index in [-0.39, 0.29) is 12.3 Å². The number of carbonyl (C=O) groups is 1. The number of rotatable bonds is 4. The second kappa shape index (κ2) is 8.06. The predicted octanol–water partition coefficient (Wildman–Crippen LogP) is 2.07. The number of alkyl halides is 3. The molecule has 0 radical (unpaired) electrons. The van der Waals surface area contributed by atoms with Gasteiger partial charge in [0.2, 0.25) is 0 Å². The molecule has 1 aliphatic heterocycles. The Hall–Kier alpha value is -2.20. The van der Waals surface area contributed by atoms with E-state index in [9.17, 15) is 18.0 Å². The van der Waals surface area contributed by atoms with Gasteiger partial charge >= 0.3 is 12.1 Å². The van der Waals surface area contributed by atoms with Gasteiger partial charge in [-0.25, -0.2) is 4.79 Å². The second-order valence-corrected chi connectivity index (χ2v) is 4.96. The molecule has 1 saturated heterocycles. The Morgan fingerprint density at radius 2 is 2.04 bits per heavy atom. The molecule has 2 N–H and O–H groups in total. The molecule has 7 nitrogen and oxygen atoms in total. The highest BCUT2D eigenvalue weighted by molar-refractivity contribution is 5.91. The van der Waals surface area contributed by atoms with E-state index < -0.39 is 29.6 Å². The predicted molar refractivity (Wildman–Crippen MR) is 75.8 cm³/mol. The molecule has 132 valence electrons. The van der Waals surface area contributed by atoms with Crippen LogP contribution >= 0.6 is 0 Å². The summed E-state index contributed by atoms with van der Waals surface area (Å²) in [5, 5.41) is 3.34. The Kier molecular flexibility index (Phi) is 6.10. The van der Waals surface area contributed by atoms with E-state index >= 15 is 0 Å². The third-order valence-electron chi connectivity index (χ3n) is 3.11. The SMILES string of the molecule is NC(CC1OCCCCO1)=NOC(=O)c1cnccc1C(F)(F)F. The fourth-order valence-corrected chi connectivity index (χ4v) is 1.96.